The Balaban J connectivity index is 1.75. The highest BCUT2D eigenvalue weighted by molar-refractivity contribution is 5.88. The van der Waals surface area contributed by atoms with Crippen LogP contribution in [0.2, 0.25) is 0 Å². The Morgan fingerprint density at radius 1 is 1.17 bits per heavy atom. The van der Waals surface area contributed by atoms with E-state index >= 15 is 0 Å². The molecule has 1 unspecified atom stereocenters. The molecular weight excluding hydrogens is 228 g/mol. The van der Waals surface area contributed by atoms with Gasteiger partial charge in [-0.15, -0.1) is 0 Å². The van der Waals surface area contributed by atoms with E-state index in [1.165, 1.54) is 11.1 Å². The highest BCUT2D eigenvalue weighted by Crippen LogP contribution is 2.29. The number of carbonyl (C=O) groups is 2. The van der Waals surface area contributed by atoms with Crippen molar-refractivity contribution in [1.82, 2.24) is 4.90 Å². The van der Waals surface area contributed by atoms with E-state index in [0.29, 0.717) is 6.54 Å². The van der Waals surface area contributed by atoms with Crippen molar-refractivity contribution in [3.8, 4) is 0 Å². The zero-order chi connectivity index (χ0) is 12.7. The zero-order valence-corrected chi connectivity index (χ0v) is 10.1. The molecule has 4 nitrogen and oxygen atoms in total. The second-order valence-electron chi connectivity index (χ2n) is 5.18. The number of carbonyl (C=O) groups excluding carboxylic acids is 2. The minimum absolute atomic E-state index is 0.0663. The molecule has 0 aromatic heterocycles. The maximum Gasteiger partial charge on any atom is 0.223 e. The molecule has 1 fully saturated rings. The first-order valence-electron chi connectivity index (χ1n) is 6.30. The largest absolute Gasteiger partial charge is 0.369 e. The van der Waals surface area contributed by atoms with Crippen LogP contribution in [-0.4, -0.2) is 29.3 Å². The molecule has 3 rings (SSSR count). The van der Waals surface area contributed by atoms with E-state index in [1.54, 1.807) is 0 Å². The van der Waals surface area contributed by atoms with E-state index in [9.17, 15) is 9.59 Å². The van der Waals surface area contributed by atoms with Crippen molar-refractivity contribution in [2.75, 3.05) is 6.54 Å². The van der Waals surface area contributed by atoms with Gasteiger partial charge in [-0.1, -0.05) is 24.3 Å². The quantitative estimate of drug-likeness (QED) is 0.822. The normalized spacial score (nSPS) is 23.4. The van der Waals surface area contributed by atoms with E-state index in [1.807, 2.05) is 17.0 Å². The first kappa shape index (κ1) is 11.3. The third-order valence-electron chi connectivity index (χ3n) is 4.03. The number of rotatable bonds is 2. The molecule has 4 heteroatoms. The van der Waals surface area contributed by atoms with Gasteiger partial charge in [-0.25, -0.2) is 0 Å². The molecule has 0 saturated carbocycles. The summed E-state index contributed by atoms with van der Waals surface area (Å²) in [4.78, 5) is 25.0. The van der Waals surface area contributed by atoms with Crippen LogP contribution in [0.3, 0.4) is 0 Å². The number of hydrogen-bond donors (Lipinski definition) is 1. The summed E-state index contributed by atoms with van der Waals surface area (Å²) >= 11 is 0. The van der Waals surface area contributed by atoms with Gasteiger partial charge in [0.15, 0.2) is 0 Å². The van der Waals surface area contributed by atoms with Crippen LogP contribution in [0.5, 0.6) is 0 Å². The van der Waals surface area contributed by atoms with Crippen LogP contribution in [0.4, 0.5) is 0 Å². The Hall–Kier alpha value is -1.84. The number of likely N-dealkylation sites (tertiary alicyclic amines) is 1. The van der Waals surface area contributed by atoms with Crippen LogP contribution in [0, 0.1) is 5.92 Å². The number of primary amides is 1. The first-order valence-corrected chi connectivity index (χ1v) is 6.30. The second-order valence-corrected chi connectivity index (χ2v) is 5.18. The van der Waals surface area contributed by atoms with Gasteiger partial charge in [0.1, 0.15) is 0 Å². The van der Waals surface area contributed by atoms with Gasteiger partial charge >= 0.3 is 0 Å². The van der Waals surface area contributed by atoms with Crippen molar-refractivity contribution in [3.05, 3.63) is 35.4 Å². The number of nitrogens with two attached hydrogens (primary N) is 1. The predicted octanol–water partition coefficient (Wildman–Crippen LogP) is 0.488. The van der Waals surface area contributed by atoms with Gasteiger partial charge in [0, 0.05) is 19.0 Å². The number of fused-ring (bicyclic) bond motifs is 1. The standard InChI is InChI=1S/C14H16N2O2/c15-14(18)11-7-13(17)16(8-11)12-5-9-3-1-2-4-10(9)6-12/h1-4,11-12H,5-8H2,(H2,15,18). The van der Waals surface area contributed by atoms with Gasteiger partial charge in [-0.3, -0.25) is 9.59 Å². The Labute approximate surface area is 106 Å². The van der Waals surface area contributed by atoms with E-state index < -0.39 is 0 Å². The lowest BCUT2D eigenvalue weighted by atomic mass is 10.1. The molecule has 1 aromatic carbocycles. The second kappa shape index (κ2) is 4.12. The zero-order valence-electron chi connectivity index (χ0n) is 10.1. The lowest BCUT2D eigenvalue weighted by Crippen LogP contribution is -2.38. The van der Waals surface area contributed by atoms with Crippen LogP contribution in [0.25, 0.3) is 0 Å². The third kappa shape index (κ3) is 1.78. The van der Waals surface area contributed by atoms with Gasteiger partial charge in [0.05, 0.1) is 5.92 Å². The topological polar surface area (TPSA) is 63.4 Å². The summed E-state index contributed by atoms with van der Waals surface area (Å²) in [5.41, 5.74) is 7.92. The highest BCUT2D eigenvalue weighted by Gasteiger charge is 2.38. The monoisotopic (exact) mass is 244 g/mol. The van der Waals surface area contributed by atoms with Gasteiger partial charge in [0.2, 0.25) is 11.8 Å². The fraction of sp³-hybridized carbons (Fsp3) is 0.429. The molecule has 0 spiro atoms. The number of nitrogens with zero attached hydrogens (tertiary/aromatic N) is 1. The van der Waals surface area contributed by atoms with E-state index in [-0.39, 0.29) is 30.2 Å². The summed E-state index contributed by atoms with van der Waals surface area (Å²) < 4.78 is 0. The van der Waals surface area contributed by atoms with Crippen molar-refractivity contribution in [1.29, 1.82) is 0 Å². The Kier molecular flexibility index (Phi) is 2.58. The van der Waals surface area contributed by atoms with E-state index in [4.69, 9.17) is 5.73 Å². The molecule has 1 saturated heterocycles. The molecular formula is C14H16N2O2. The molecule has 0 bridgehead atoms. The Bertz CT molecular complexity index is 487. The van der Waals surface area contributed by atoms with Crippen molar-refractivity contribution >= 4 is 11.8 Å². The molecule has 1 aliphatic carbocycles. The average molecular weight is 244 g/mol. The molecule has 2 aliphatic rings. The van der Waals surface area contributed by atoms with Crippen molar-refractivity contribution in [2.24, 2.45) is 11.7 Å². The summed E-state index contributed by atoms with van der Waals surface area (Å²) in [7, 11) is 0. The molecule has 2 N–H and O–H groups in total. The third-order valence-corrected chi connectivity index (χ3v) is 4.03. The van der Waals surface area contributed by atoms with Crippen molar-refractivity contribution in [2.45, 2.75) is 25.3 Å². The summed E-state index contributed by atoms with van der Waals surface area (Å²) in [6.45, 7) is 0.493. The lowest BCUT2D eigenvalue weighted by Gasteiger charge is -2.23. The molecule has 2 amide bonds. The maximum atomic E-state index is 11.9. The molecule has 94 valence electrons. The van der Waals surface area contributed by atoms with Crippen LogP contribution >= 0.6 is 0 Å². The minimum Gasteiger partial charge on any atom is -0.369 e. The SMILES string of the molecule is NC(=O)C1CC(=O)N(C2Cc3ccccc3C2)C1. The van der Waals surface area contributed by atoms with Crippen molar-refractivity contribution in [3.63, 3.8) is 0 Å². The number of benzene rings is 1. The molecule has 18 heavy (non-hydrogen) atoms. The smallest absolute Gasteiger partial charge is 0.223 e. The summed E-state index contributed by atoms with van der Waals surface area (Å²) in [6, 6.07) is 8.49. The van der Waals surface area contributed by atoms with Crippen LogP contribution in [-0.2, 0) is 22.4 Å². The summed E-state index contributed by atoms with van der Waals surface area (Å²) in [5, 5.41) is 0. The lowest BCUT2D eigenvalue weighted by molar-refractivity contribution is -0.130. The number of hydrogen-bond acceptors (Lipinski definition) is 2. The fourth-order valence-electron chi connectivity index (χ4n) is 3.03. The maximum absolute atomic E-state index is 11.9. The molecule has 1 aliphatic heterocycles. The predicted molar refractivity (Wildman–Crippen MR) is 66.7 cm³/mol. The highest BCUT2D eigenvalue weighted by atomic mass is 16.2. The van der Waals surface area contributed by atoms with Crippen LogP contribution in [0.1, 0.15) is 17.5 Å². The van der Waals surface area contributed by atoms with Crippen molar-refractivity contribution < 1.29 is 9.59 Å². The van der Waals surface area contributed by atoms with E-state index in [0.717, 1.165) is 12.8 Å². The van der Waals surface area contributed by atoms with Gasteiger partial charge < -0.3 is 10.6 Å². The Morgan fingerprint density at radius 2 is 1.78 bits per heavy atom. The Morgan fingerprint density at radius 3 is 2.28 bits per heavy atom. The first-order chi connectivity index (χ1) is 8.65. The fourth-order valence-corrected chi connectivity index (χ4v) is 3.03. The molecule has 1 atom stereocenters. The molecule has 0 radical (unpaired) electrons. The van der Waals surface area contributed by atoms with Crippen LogP contribution in [0.15, 0.2) is 24.3 Å². The van der Waals surface area contributed by atoms with Crippen LogP contribution < -0.4 is 5.73 Å². The molecule has 1 aromatic rings. The van der Waals surface area contributed by atoms with Gasteiger partial charge in [-0.2, -0.15) is 0 Å². The molecule has 1 heterocycles. The average Bonchev–Trinajstić information content (AvgIpc) is 2.91. The van der Waals surface area contributed by atoms with E-state index in [2.05, 4.69) is 12.1 Å². The summed E-state index contributed by atoms with van der Waals surface area (Å²) in [6.07, 6.45) is 2.07. The number of amides is 2. The van der Waals surface area contributed by atoms with Gasteiger partial charge in [-0.05, 0) is 24.0 Å². The summed E-state index contributed by atoms with van der Waals surface area (Å²) in [5.74, 6) is -0.598. The van der Waals surface area contributed by atoms with Gasteiger partial charge in [0.25, 0.3) is 0 Å². The minimum atomic E-state index is -0.360.